The summed E-state index contributed by atoms with van der Waals surface area (Å²) in [4.78, 5) is 0. The van der Waals surface area contributed by atoms with E-state index in [1.165, 1.54) is 0 Å². The monoisotopic (exact) mass is 231 g/mol. The average molecular weight is 231 g/mol. The number of halogens is 2. The van der Waals surface area contributed by atoms with E-state index in [0.717, 1.165) is 57.9 Å². The van der Waals surface area contributed by atoms with E-state index in [1.807, 2.05) is 0 Å². The van der Waals surface area contributed by atoms with E-state index in [0.29, 0.717) is 6.42 Å². The van der Waals surface area contributed by atoms with Crippen LogP contribution in [0.3, 0.4) is 0 Å². The summed E-state index contributed by atoms with van der Waals surface area (Å²) < 4.78 is 28.6. The first-order chi connectivity index (χ1) is 7.71. The third kappa shape index (κ3) is 2.73. The Morgan fingerprint density at radius 3 is 2.19 bits per heavy atom. The average Bonchev–Trinajstić information content (AvgIpc) is 2.59. The van der Waals surface area contributed by atoms with Crippen LogP contribution in [0.1, 0.15) is 57.8 Å². The number of alkyl halides is 2. The van der Waals surface area contributed by atoms with Gasteiger partial charge in [-0.3, -0.25) is 0 Å². The zero-order valence-electron chi connectivity index (χ0n) is 9.98. The molecule has 16 heavy (non-hydrogen) atoms. The van der Waals surface area contributed by atoms with Crippen LogP contribution < -0.4 is 5.32 Å². The molecule has 3 heteroatoms. The van der Waals surface area contributed by atoms with Crippen molar-refractivity contribution in [3.05, 3.63) is 0 Å². The van der Waals surface area contributed by atoms with Gasteiger partial charge in [-0.15, -0.1) is 0 Å². The fourth-order valence-electron chi connectivity index (χ4n) is 3.13. The second kappa shape index (κ2) is 5.44. The molecule has 0 aromatic rings. The van der Waals surface area contributed by atoms with E-state index < -0.39 is 12.0 Å². The van der Waals surface area contributed by atoms with Gasteiger partial charge in [0.2, 0.25) is 0 Å². The lowest BCUT2D eigenvalue weighted by molar-refractivity contribution is -0.101. The van der Waals surface area contributed by atoms with Gasteiger partial charge in [-0.05, 0) is 32.2 Å². The highest BCUT2D eigenvalue weighted by Crippen LogP contribution is 2.40. The van der Waals surface area contributed by atoms with Crippen LogP contribution in [0.5, 0.6) is 0 Å². The van der Waals surface area contributed by atoms with E-state index >= 15 is 0 Å². The fourth-order valence-corrected chi connectivity index (χ4v) is 3.13. The summed E-state index contributed by atoms with van der Waals surface area (Å²) in [6.45, 7) is 0.771. The number of hydrogen-bond donors (Lipinski definition) is 1. The molecule has 1 unspecified atom stereocenters. The predicted octanol–water partition coefficient (Wildman–Crippen LogP) is 3.73. The van der Waals surface area contributed by atoms with Crippen molar-refractivity contribution in [2.24, 2.45) is 5.92 Å². The van der Waals surface area contributed by atoms with E-state index in [2.05, 4.69) is 5.32 Å². The standard InChI is InChI=1S/C13H23F2N/c14-13(15,11-7-3-1-4-8-11)12-9-5-2-6-10-16-12/h11-12,16H,1-10H2. The zero-order valence-corrected chi connectivity index (χ0v) is 9.98. The van der Waals surface area contributed by atoms with Crippen molar-refractivity contribution in [2.45, 2.75) is 69.8 Å². The fraction of sp³-hybridized carbons (Fsp3) is 1.00. The minimum absolute atomic E-state index is 0.364. The Labute approximate surface area is 97.0 Å². The molecule has 1 aliphatic carbocycles. The first-order valence-corrected chi connectivity index (χ1v) is 6.82. The van der Waals surface area contributed by atoms with Crippen LogP contribution in [0.2, 0.25) is 0 Å². The Morgan fingerprint density at radius 1 is 0.812 bits per heavy atom. The Balaban J connectivity index is 1.97. The number of rotatable bonds is 2. The quantitative estimate of drug-likeness (QED) is 0.763. The molecule has 1 N–H and O–H groups in total. The van der Waals surface area contributed by atoms with Crippen molar-refractivity contribution in [2.75, 3.05) is 6.54 Å². The lowest BCUT2D eigenvalue weighted by Gasteiger charge is -2.35. The van der Waals surface area contributed by atoms with Crippen LogP contribution in [0.25, 0.3) is 0 Å². The van der Waals surface area contributed by atoms with Gasteiger partial charge in [0, 0.05) is 5.92 Å². The highest BCUT2D eigenvalue weighted by atomic mass is 19.3. The van der Waals surface area contributed by atoms with Gasteiger partial charge in [-0.25, -0.2) is 8.78 Å². The van der Waals surface area contributed by atoms with Gasteiger partial charge < -0.3 is 5.32 Å². The SMILES string of the molecule is FC(F)(C1CCCCC1)C1CCCCCN1. The van der Waals surface area contributed by atoms with Gasteiger partial charge in [-0.1, -0.05) is 32.1 Å². The molecule has 0 spiro atoms. The molecule has 94 valence electrons. The second-order valence-electron chi connectivity index (χ2n) is 5.37. The molecule has 0 bridgehead atoms. The topological polar surface area (TPSA) is 12.0 Å². The molecule has 1 heterocycles. The first-order valence-electron chi connectivity index (χ1n) is 6.82. The van der Waals surface area contributed by atoms with Crippen LogP contribution >= 0.6 is 0 Å². The normalized spacial score (nSPS) is 30.0. The van der Waals surface area contributed by atoms with Crippen molar-refractivity contribution in [1.82, 2.24) is 5.32 Å². The molecule has 1 atom stereocenters. The highest BCUT2D eigenvalue weighted by Gasteiger charge is 2.46. The van der Waals surface area contributed by atoms with Gasteiger partial charge in [0.25, 0.3) is 5.92 Å². The number of nitrogens with one attached hydrogen (secondary N) is 1. The Bertz CT molecular complexity index is 204. The zero-order chi connectivity index (χ0) is 11.4. The van der Waals surface area contributed by atoms with Crippen molar-refractivity contribution >= 4 is 0 Å². The minimum Gasteiger partial charge on any atom is -0.309 e. The highest BCUT2D eigenvalue weighted by molar-refractivity contribution is 4.91. The molecule has 1 saturated carbocycles. The molecule has 1 saturated heterocycles. The summed E-state index contributed by atoms with van der Waals surface area (Å²) in [6, 6.07) is -0.557. The van der Waals surface area contributed by atoms with E-state index in [-0.39, 0.29) is 5.92 Å². The van der Waals surface area contributed by atoms with Crippen LogP contribution in [0.4, 0.5) is 8.78 Å². The minimum atomic E-state index is -2.48. The van der Waals surface area contributed by atoms with Crippen LogP contribution in [-0.2, 0) is 0 Å². The summed E-state index contributed by atoms with van der Waals surface area (Å²) in [5.41, 5.74) is 0. The van der Waals surface area contributed by atoms with Crippen molar-refractivity contribution < 1.29 is 8.78 Å². The molecule has 1 aliphatic heterocycles. The second-order valence-corrected chi connectivity index (χ2v) is 5.37. The third-order valence-corrected chi connectivity index (χ3v) is 4.17. The molecule has 0 aromatic carbocycles. The van der Waals surface area contributed by atoms with Gasteiger partial charge in [-0.2, -0.15) is 0 Å². The molecule has 2 rings (SSSR count). The van der Waals surface area contributed by atoms with Gasteiger partial charge in [0.05, 0.1) is 6.04 Å². The van der Waals surface area contributed by atoms with Gasteiger partial charge in [0.15, 0.2) is 0 Å². The molecule has 1 nitrogen and oxygen atoms in total. The Morgan fingerprint density at radius 2 is 1.44 bits per heavy atom. The summed E-state index contributed by atoms with van der Waals surface area (Å²) in [6.07, 6.45) is 8.35. The van der Waals surface area contributed by atoms with Crippen LogP contribution in [-0.4, -0.2) is 18.5 Å². The maximum Gasteiger partial charge on any atom is 0.265 e. The van der Waals surface area contributed by atoms with Gasteiger partial charge >= 0.3 is 0 Å². The molecular weight excluding hydrogens is 208 g/mol. The maximum atomic E-state index is 14.3. The van der Waals surface area contributed by atoms with Gasteiger partial charge in [0.1, 0.15) is 0 Å². The molecule has 0 radical (unpaired) electrons. The lowest BCUT2D eigenvalue weighted by atomic mass is 9.81. The Hall–Kier alpha value is -0.180. The largest absolute Gasteiger partial charge is 0.309 e. The van der Waals surface area contributed by atoms with E-state index in [9.17, 15) is 8.78 Å². The van der Waals surface area contributed by atoms with Crippen LogP contribution in [0, 0.1) is 5.92 Å². The third-order valence-electron chi connectivity index (χ3n) is 4.17. The lowest BCUT2D eigenvalue weighted by Crippen LogP contribution is -2.49. The number of hydrogen-bond acceptors (Lipinski definition) is 1. The summed E-state index contributed by atoms with van der Waals surface area (Å²) in [5, 5.41) is 3.07. The van der Waals surface area contributed by atoms with E-state index in [4.69, 9.17) is 0 Å². The maximum absolute atomic E-state index is 14.3. The summed E-state index contributed by atoms with van der Waals surface area (Å²) in [7, 11) is 0. The van der Waals surface area contributed by atoms with E-state index in [1.54, 1.807) is 0 Å². The first kappa shape index (κ1) is 12.3. The summed E-state index contributed by atoms with van der Waals surface area (Å²) in [5.74, 6) is -2.85. The van der Waals surface area contributed by atoms with Crippen LogP contribution in [0.15, 0.2) is 0 Å². The molecule has 2 fully saturated rings. The van der Waals surface area contributed by atoms with Crippen molar-refractivity contribution in [1.29, 1.82) is 0 Å². The smallest absolute Gasteiger partial charge is 0.265 e. The molecule has 0 aromatic heterocycles. The van der Waals surface area contributed by atoms with Crippen molar-refractivity contribution in [3.63, 3.8) is 0 Å². The Kier molecular flexibility index (Phi) is 4.17. The molecular formula is C13H23F2N. The summed E-state index contributed by atoms with van der Waals surface area (Å²) >= 11 is 0. The molecule has 2 aliphatic rings. The van der Waals surface area contributed by atoms with Crippen molar-refractivity contribution in [3.8, 4) is 0 Å². The predicted molar refractivity (Wildman–Crippen MR) is 61.8 cm³/mol. The molecule has 0 amide bonds.